The van der Waals surface area contributed by atoms with Crippen LogP contribution in [0.4, 0.5) is 28.0 Å². The van der Waals surface area contributed by atoms with Crippen LogP contribution in [0.15, 0.2) is 18.2 Å². The second kappa shape index (κ2) is 5.91. The normalized spacial score (nSPS) is 16.9. The molecule has 1 aromatic carbocycles. The molecule has 1 aliphatic rings. The maximum absolute atomic E-state index is 13.5. The van der Waals surface area contributed by atoms with Gasteiger partial charge in [-0.1, -0.05) is 6.92 Å². The number of alkyl halides is 3. The highest BCUT2D eigenvalue weighted by Gasteiger charge is 2.31. The van der Waals surface area contributed by atoms with Crippen molar-refractivity contribution in [3.8, 4) is 0 Å². The van der Waals surface area contributed by atoms with Crippen LogP contribution in [-0.2, 0) is 6.18 Å². The van der Waals surface area contributed by atoms with Gasteiger partial charge >= 0.3 is 12.2 Å². The fourth-order valence-corrected chi connectivity index (χ4v) is 2.20. The molecule has 1 saturated heterocycles. The van der Waals surface area contributed by atoms with Crippen LogP contribution in [0.3, 0.4) is 0 Å². The zero-order valence-electron chi connectivity index (χ0n) is 11.5. The second-order valence-corrected chi connectivity index (χ2v) is 5.29. The Morgan fingerprint density at radius 3 is 2.48 bits per heavy atom. The SMILES string of the molecule is CC1CCN(C(=O)Nc2cc(C(F)(F)F)ccc2F)CC1. The van der Waals surface area contributed by atoms with Gasteiger partial charge in [0, 0.05) is 13.1 Å². The summed E-state index contributed by atoms with van der Waals surface area (Å²) in [5.41, 5.74) is -1.44. The minimum Gasteiger partial charge on any atom is -0.325 e. The number of nitrogens with zero attached hydrogens (tertiary/aromatic N) is 1. The standard InChI is InChI=1S/C14H16F4N2O/c1-9-4-6-20(7-5-9)13(21)19-12-8-10(14(16,17)18)2-3-11(12)15/h2-3,8-9H,4-7H2,1H3,(H,19,21). The van der Waals surface area contributed by atoms with Gasteiger partial charge in [0.1, 0.15) is 5.82 Å². The smallest absolute Gasteiger partial charge is 0.325 e. The minimum atomic E-state index is -4.58. The average molecular weight is 304 g/mol. The fraction of sp³-hybridized carbons (Fsp3) is 0.500. The molecule has 0 aromatic heterocycles. The van der Waals surface area contributed by atoms with Crippen molar-refractivity contribution in [1.82, 2.24) is 4.90 Å². The highest BCUT2D eigenvalue weighted by Crippen LogP contribution is 2.32. The molecule has 1 N–H and O–H groups in total. The molecule has 1 aromatic rings. The molecule has 116 valence electrons. The maximum atomic E-state index is 13.5. The van der Waals surface area contributed by atoms with Gasteiger partial charge in [0.15, 0.2) is 0 Å². The molecule has 1 aliphatic heterocycles. The van der Waals surface area contributed by atoms with Crippen molar-refractivity contribution in [3.63, 3.8) is 0 Å². The predicted molar refractivity (Wildman–Crippen MR) is 70.4 cm³/mol. The molecular formula is C14H16F4N2O. The summed E-state index contributed by atoms with van der Waals surface area (Å²) >= 11 is 0. The first-order chi connectivity index (χ1) is 9.77. The van der Waals surface area contributed by atoms with E-state index in [0.717, 1.165) is 12.8 Å². The van der Waals surface area contributed by atoms with Crippen LogP contribution < -0.4 is 5.32 Å². The van der Waals surface area contributed by atoms with E-state index >= 15 is 0 Å². The molecule has 0 atom stereocenters. The zero-order valence-corrected chi connectivity index (χ0v) is 11.5. The fourth-order valence-electron chi connectivity index (χ4n) is 2.20. The number of nitrogens with one attached hydrogen (secondary N) is 1. The van der Waals surface area contributed by atoms with Gasteiger partial charge in [-0.2, -0.15) is 13.2 Å². The summed E-state index contributed by atoms with van der Waals surface area (Å²) in [7, 11) is 0. The van der Waals surface area contributed by atoms with Crippen LogP contribution in [0.2, 0.25) is 0 Å². The van der Waals surface area contributed by atoms with Gasteiger partial charge in [-0.05, 0) is 37.0 Å². The molecule has 0 radical (unpaired) electrons. The number of anilines is 1. The lowest BCUT2D eigenvalue weighted by Crippen LogP contribution is -2.40. The largest absolute Gasteiger partial charge is 0.416 e. The molecule has 0 aliphatic carbocycles. The van der Waals surface area contributed by atoms with Crippen molar-refractivity contribution < 1.29 is 22.4 Å². The van der Waals surface area contributed by atoms with Gasteiger partial charge in [-0.25, -0.2) is 9.18 Å². The molecule has 0 bridgehead atoms. The number of piperidine rings is 1. The predicted octanol–water partition coefficient (Wildman–Crippen LogP) is 4.11. The lowest BCUT2D eigenvalue weighted by molar-refractivity contribution is -0.137. The quantitative estimate of drug-likeness (QED) is 0.778. The van der Waals surface area contributed by atoms with E-state index in [1.165, 1.54) is 4.90 Å². The summed E-state index contributed by atoms with van der Waals surface area (Å²) in [6, 6.07) is 1.39. The van der Waals surface area contributed by atoms with E-state index in [9.17, 15) is 22.4 Å². The number of halogens is 4. The number of benzene rings is 1. The monoisotopic (exact) mass is 304 g/mol. The lowest BCUT2D eigenvalue weighted by Gasteiger charge is -2.30. The highest BCUT2D eigenvalue weighted by atomic mass is 19.4. The number of hydrogen-bond acceptors (Lipinski definition) is 1. The Hall–Kier alpha value is -1.79. The van der Waals surface area contributed by atoms with Gasteiger partial charge in [0.05, 0.1) is 11.3 Å². The molecule has 21 heavy (non-hydrogen) atoms. The summed E-state index contributed by atoms with van der Waals surface area (Å²) < 4.78 is 51.3. The van der Waals surface area contributed by atoms with Crippen LogP contribution >= 0.6 is 0 Å². The van der Waals surface area contributed by atoms with Crippen molar-refractivity contribution in [1.29, 1.82) is 0 Å². The summed E-state index contributed by atoms with van der Waals surface area (Å²) in [6.07, 6.45) is -2.91. The number of rotatable bonds is 1. The van der Waals surface area contributed by atoms with Crippen LogP contribution in [0.25, 0.3) is 0 Å². The number of amides is 2. The highest BCUT2D eigenvalue weighted by molar-refractivity contribution is 5.89. The van der Waals surface area contributed by atoms with Gasteiger partial charge in [0.25, 0.3) is 0 Å². The molecule has 7 heteroatoms. The first kappa shape index (κ1) is 15.6. The third kappa shape index (κ3) is 3.86. The van der Waals surface area contributed by atoms with Crippen molar-refractivity contribution in [3.05, 3.63) is 29.6 Å². The molecule has 1 fully saturated rings. The molecule has 0 spiro atoms. The first-order valence-corrected chi connectivity index (χ1v) is 6.70. The van der Waals surface area contributed by atoms with E-state index in [0.29, 0.717) is 37.2 Å². The van der Waals surface area contributed by atoms with Crippen LogP contribution in [0, 0.1) is 11.7 Å². The molecule has 3 nitrogen and oxygen atoms in total. The summed E-state index contributed by atoms with van der Waals surface area (Å²) in [5, 5.41) is 2.22. The topological polar surface area (TPSA) is 32.3 Å². The molecule has 0 saturated carbocycles. The molecule has 2 amide bonds. The number of carbonyl (C=O) groups excluding carboxylic acids is 1. The Bertz CT molecular complexity index is 522. The third-order valence-electron chi connectivity index (χ3n) is 3.61. The Morgan fingerprint density at radius 2 is 1.90 bits per heavy atom. The number of hydrogen-bond donors (Lipinski definition) is 1. The van der Waals surface area contributed by atoms with Crippen LogP contribution in [-0.4, -0.2) is 24.0 Å². The van der Waals surface area contributed by atoms with Crippen molar-refractivity contribution in [2.75, 3.05) is 18.4 Å². The molecule has 0 unspecified atom stereocenters. The molecule has 2 rings (SSSR count). The Balaban J connectivity index is 2.10. The number of carbonyl (C=O) groups is 1. The van der Waals surface area contributed by atoms with Gasteiger partial charge in [0.2, 0.25) is 0 Å². The second-order valence-electron chi connectivity index (χ2n) is 5.29. The maximum Gasteiger partial charge on any atom is 0.416 e. The Kier molecular flexibility index (Phi) is 4.39. The molecular weight excluding hydrogens is 288 g/mol. The average Bonchev–Trinajstić information content (AvgIpc) is 2.40. The molecule has 1 heterocycles. The van der Waals surface area contributed by atoms with Gasteiger partial charge in [-0.3, -0.25) is 0 Å². The van der Waals surface area contributed by atoms with Crippen LogP contribution in [0.5, 0.6) is 0 Å². The van der Waals surface area contributed by atoms with Crippen molar-refractivity contribution >= 4 is 11.7 Å². The van der Waals surface area contributed by atoms with E-state index in [1.807, 2.05) is 0 Å². The summed E-state index contributed by atoms with van der Waals surface area (Å²) in [5.74, 6) is -0.374. The van der Waals surface area contributed by atoms with E-state index in [1.54, 1.807) is 0 Å². The number of urea groups is 1. The number of likely N-dealkylation sites (tertiary alicyclic amines) is 1. The van der Waals surface area contributed by atoms with Gasteiger partial charge in [-0.15, -0.1) is 0 Å². The summed E-state index contributed by atoms with van der Waals surface area (Å²) in [4.78, 5) is 13.4. The Labute approximate surface area is 119 Å². The van der Waals surface area contributed by atoms with Crippen LogP contribution in [0.1, 0.15) is 25.3 Å². The Morgan fingerprint density at radius 1 is 1.29 bits per heavy atom. The summed E-state index contributed by atoms with van der Waals surface area (Å²) in [6.45, 7) is 3.11. The van der Waals surface area contributed by atoms with E-state index in [4.69, 9.17) is 0 Å². The van der Waals surface area contributed by atoms with E-state index in [2.05, 4.69) is 12.2 Å². The zero-order chi connectivity index (χ0) is 15.6. The van der Waals surface area contributed by atoms with E-state index in [-0.39, 0.29) is 0 Å². The lowest BCUT2D eigenvalue weighted by atomic mass is 10.00. The first-order valence-electron chi connectivity index (χ1n) is 6.70. The van der Waals surface area contributed by atoms with Crippen molar-refractivity contribution in [2.45, 2.75) is 25.9 Å². The van der Waals surface area contributed by atoms with E-state index < -0.39 is 29.3 Å². The third-order valence-corrected chi connectivity index (χ3v) is 3.61. The van der Waals surface area contributed by atoms with Gasteiger partial charge < -0.3 is 10.2 Å². The van der Waals surface area contributed by atoms with Crippen molar-refractivity contribution in [2.24, 2.45) is 5.92 Å². The minimum absolute atomic E-state index is 0.451.